The Morgan fingerprint density at radius 3 is 2.64 bits per heavy atom. The second-order valence-corrected chi connectivity index (χ2v) is 7.49. The molecule has 1 N–H and O–H groups in total. The molecule has 1 atom stereocenters. The number of aryl methyl sites for hydroxylation is 1. The number of ether oxygens (including phenoxy) is 1. The van der Waals surface area contributed by atoms with Gasteiger partial charge in [0.05, 0.1) is 12.2 Å². The van der Waals surface area contributed by atoms with Gasteiger partial charge in [-0.1, -0.05) is 18.2 Å². The van der Waals surface area contributed by atoms with Crippen LogP contribution in [0.15, 0.2) is 36.5 Å². The Labute approximate surface area is 164 Å². The van der Waals surface area contributed by atoms with Crippen molar-refractivity contribution in [3.8, 4) is 0 Å². The maximum Gasteiger partial charge on any atom is 0.257 e. The Kier molecular flexibility index (Phi) is 5.43. The van der Waals surface area contributed by atoms with Gasteiger partial charge >= 0.3 is 0 Å². The zero-order valence-corrected chi connectivity index (χ0v) is 16.1. The molecule has 0 aliphatic carbocycles. The fourth-order valence-electron chi connectivity index (χ4n) is 4.02. The minimum absolute atomic E-state index is 0.115. The number of likely N-dealkylation sites (tertiary alicyclic amines) is 1. The van der Waals surface area contributed by atoms with E-state index in [4.69, 9.17) is 4.74 Å². The molecule has 1 aromatic heterocycles. The highest BCUT2D eigenvalue weighted by molar-refractivity contribution is 6.04. The standard InChI is InChI=1S/C21H26N4O3/c1-15-5-2-3-6-17(15)20(26)23-19-8-11-22-25(19)16-9-12-24(13-10-16)21(27)18-7-4-14-28-18/h2-3,5-6,8,11,16,18H,4,7,9-10,12-14H2,1H3,(H,23,26)/t18-/m1/s1. The molecule has 0 bridgehead atoms. The number of hydrogen-bond donors (Lipinski definition) is 1. The molecule has 3 heterocycles. The van der Waals surface area contributed by atoms with Crippen LogP contribution in [0.4, 0.5) is 5.82 Å². The van der Waals surface area contributed by atoms with E-state index in [2.05, 4.69) is 10.4 Å². The Bertz CT molecular complexity index is 849. The molecular formula is C21H26N4O3. The molecule has 2 saturated heterocycles. The van der Waals surface area contributed by atoms with Crippen LogP contribution in [-0.4, -0.2) is 52.3 Å². The summed E-state index contributed by atoms with van der Waals surface area (Å²) in [5, 5.41) is 7.41. The molecule has 2 fully saturated rings. The normalized spacial score (nSPS) is 20.3. The van der Waals surface area contributed by atoms with E-state index >= 15 is 0 Å². The molecule has 2 amide bonds. The van der Waals surface area contributed by atoms with Crippen LogP contribution in [0.25, 0.3) is 0 Å². The first-order valence-corrected chi connectivity index (χ1v) is 9.94. The summed E-state index contributed by atoms with van der Waals surface area (Å²) >= 11 is 0. The van der Waals surface area contributed by atoms with Gasteiger partial charge in [0.15, 0.2) is 0 Å². The van der Waals surface area contributed by atoms with E-state index in [1.807, 2.05) is 46.8 Å². The molecule has 0 radical (unpaired) electrons. The van der Waals surface area contributed by atoms with Crippen molar-refractivity contribution in [2.75, 3.05) is 25.0 Å². The number of anilines is 1. The average Bonchev–Trinajstić information content (AvgIpc) is 3.40. The van der Waals surface area contributed by atoms with E-state index in [1.165, 1.54) is 0 Å². The van der Waals surface area contributed by atoms with Crippen molar-refractivity contribution in [2.24, 2.45) is 0 Å². The molecule has 0 unspecified atom stereocenters. The second kappa shape index (κ2) is 8.14. The van der Waals surface area contributed by atoms with E-state index in [-0.39, 0.29) is 24.0 Å². The van der Waals surface area contributed by atoms with Crippen molar-refractivity contribution in [3.63, 3.8) is 0 Å². The summed E-state index contributed by atoms with van der Waals surface area (Å²) in [5.41, 5.74) is 1.60. The summed E-state index contributed by atoms with van der Waals surface area (Å²) in [6.45, 7) is 3.99. The number of piperidine rings is 1. The van der Waals surface area contributed by atoms with Crippen molar-refractivity contribution < 1.29 is 14.3 Å². The third-order valence-electron chi connectivity index (χ3n) is 5.63. The molecule has 0 spiro atoms. The van der Waals surface area contributed by atoms with E-state index in [0.29, 0.717) is 31.1 Å². The number of rotatable bonds is 4. The first-order valence-electron chi connectivity index (χ1n) is 9.94. The predicted molar refractivity (Wildman–Crippen MR) is 105 cm³/mol. The number of benzene rings is 1. The SMILES string of the molecule is Cc1ccccc1C(=O)Nc1ccnn1C1CCN(C(=O)[C@H]2CCCO2)CC1. The average molecular weight is 382 g/mol. The number of amides is 2. The van der Waals surface area contributed by atoms with E-state index in [9.17, 15) is 9.59 Å². The largest absolute Gasteiger partial charge is 0.368 e. The zero-order chi connectivity index (χ0) is 19.5. The lowest BCUT2D eigenvalue weighted by Gasteiger charge is -2.33. The van der Waals surface area contributed by atoms with Crippen molar-refractivity contribution >= 4 is 17.6 Å². The second-order valence-electron chi connectivity index (χ2n) is 7.49. The van der Waals surface area contributed by atoms with Crippen LogP contribution in [0.2, 0.25) is 0 Å². The van der Waals surface area contributed by atoms with Gasteiger partial charge in [-0.25, -0.2) is 4.68 Å². The molecular weight excluding hydrogens is 356 g/mol. The van der Waals surface area contributed by atoms with Crippen LogP contribution < -0.4 is 5.32 Å². The van der Waals surface area contributed by atoms with Crippen LogP contribution in [0.3, 0.4) is 0 Å². The summed E-state index contributed by atoms with van der Waals surface area (Å²) in [6, 6.07) is 9.51. The van der Waals surface area contributed by atoms with Crippen LogP contribution in [-0.2, 0) is 9.53 Å². The van der Waals surface area contributed by atoms with Gasteiger partial charge in [0, 0.05) is 31.3 Å². The van der Waals surface area contributed by atoms with Gasteiger partial charge < -0.3 is 15.0 Å². The molecule has 28 heavy (non-hydrogen) atoms. The molecule has 7 heteroatoms. The maximum absolute atomic E-state index is 12.6. The number of carbonyl (C=O) groups is 2. The molecule has 1 aromatic carbocycles. The summed E-state index contributed by atoms with van der Waals surface area (Å²) in [5.74, 6) is 0.674. The Hall–Kier alpha value is -2.67. The van der Waals surface area contributed by atoms with Gasteiger partial charge in [-0.2, -0.15) is 5.10 Å². The van der Waals surface area contributed by atoms with Gasteiger partial charge in [0.1, 0.15) is 11.9 Å². The van der Waals surface area contributed by atoms with E-state index in [0.717, 1.165) is 31.2 Å². The third-order valence-corrected chi connectivity index (χ3v) is 5.63. The van der Waals surface area contributed by atoms with E-state index in [1.54, 1.807) is 6.20 Å². The molecule has 2 aromatic rings. The first-order chi connectivity index (χ1) is 13.6. The summed E-state index contributed by atoms with van der Waals surface area (Å²) in [7, 11) is 0. The van der Waals surface area contributed by atoms with Crippen LogP contribution in [0.1, 0.15) is 47.6 Å². The van der Waals surface area contributed by atoms with Gasteiger partial charge in [-0.05, 0) is 44.2 Å². The topological polar surface area (TPSA) is 76.5 Å². The molecule has 2 aliphatic heterocycles. The Morgan fingerprint density at radius 1 is 1.14 bits per heavy atom. The minimum Gasteiger partial charge on any atom is -0.368 e. The van der Waals surface area contributed by atoms with Crippen LogP contribution in [0.5, 0.6) is 0 Å². The smallest absolute Gasteiger partial charge is 0.257 e. The number of hydrogen-bond acceptors (Lipinski definition) is 4. The zero-order valence-electron chi connectivity index (χ0n) is 16.1. The molecule has 148 valence electrons. The summed E-state index contributed by atoms with van der Waals surface area (Å²) < 4.78 is 7.40. The Morgan fingerprint density at radius 2 is 1.93 bits per heavy atom. The molecule has 4 rings (SSSR count). The summed E-state index contributed by atoms with van der Waals surface area (Å²) in [4.78, 5) is 27.1. The van der Waals surface area contributed by atoms with Gasteiger partial charge in [-0.3, -0.25) is 9.59 Å². The highest BCUT2D eigenvalue weighted by Crippen LogP contribution is 2.27. The monoisotopic (exact) mass is 382 g/mol. The molecule has 2 aliphatic rings. The fourth-order valence-corrected chi connectivity index (χ4v) is 4.02. The van der Waals surface area contributed by atoms with Gasteiger partial charge in [0.2, 0.25) is 0 Å². The molecule has 0 saturated carbocycles. The number of aromatic nitrogens is 2. The number of carbonyl (C=O) groups excluding carboxylic acids is 2. The Balaban J connectivity index is 1.39. The summed E-state index contributed by atoms with van der Waals surface area (Å²) in [6.07, 6.45) is 4.86. The van der Waals surface area contributed by atoms with Crippen molar-refractivity contribution in [1.82, 2.24) is 14.7 Å². The minimum atomic E-state index is -0.259. The van der Waals surface area contributed by atoms with Crippen molar-refractivity contribution in [2.45, 2.75) is 44.8 Å². The highest BCUT2D eigenvalue weighted by Gasteiger charge is 2.32. The van der Waals surface area contributed by atoms with Crippen LogP contribution in [0, 0.1) is 6.92 Å². The lowest BCUT2D eigenvalue weighted by atomic mass is 10.0. The van der Waals surface area contributed by atoms with Crippen LogP contribution >= 0.6 is 0 Å². The fraction of sp³-hybridized carbons (Fsp3) is 0.476. The number of nitrogens with zero attached hydrogens (tertiary/aromatic N) is 3. The van der Waals surface area contributed by atoms with Gasteiger partial charge in [-0.15, -0.1) is 0 Å². The van der Waals surface area contributed by atoms with Crippen molar-refractivity contribution in [1.29, 1.82) is 0 Å². The quantitative estimate of drug-likeness (QED) is 0.882. The van der Waals surface area contributed by atoms with E-state index < -0.39 is 0 Å². The third kappa shape index (κ3) is 3.80. The lowest BCUT2D eigenvalue weighted by Crippen LogP contribution is -2.44. The van der Waals surface area contributed by atoms with Gasteiger partial charge in [0.25, 0.3) is 11.8 Å². The highest BCUT2D eigenvalue weighted by atomic mass is 16.5. The maximum atomic E-state index is 12.6. The predicted octanol–water partition coefficient (Wildman–Crippen LogP) is 2.79. The van der Waals surface area contributed by atoms with Crippen molar-refractivity contribution in [3.05, 3.63) is 47.7 Å². The number of nitrogens with one attached hydrogen (secondary N) is 1. The molecule has 7 nitrogen and oxygen atoms in total. The lowest BCUT2D eigenvalue weighted by molar-refractivity contribution is -0.142. The first kappa shape index (κ1) is 18.7.